The molecule has 2 unspecified atom stereocenters. The van der Waals surface area contributed by atoms with E-state index < -0.39 is 0 Å². The molecule has 4 N–H and O–H groups in total. The molecule has 2 fully saturated rings. The molecule has 0 radical (unpaired) electrons. The SMILES string of the molecule is CCCc1c(NN)ncnc1NC1CCN2CCCCC12. The summed E-state index contributed by atoms with van der Waals surface area (Å²) in [5.41, 5.74) is 3.81. The Morgan fingerprint density at radius 1 is 1.24 bits per heavy atom. The van der Waals surface area contributed by atoms with E-state index in [1.807, 2.05) is 0 Å². The third kappa shape index (κ3) is 2.96. The molecule has 0 amide bonds. The van der Waals surface area contributed by atoms with Crippen molar-refractivity contribution >= 4 is 11.6 Å². The molecular weight excluding hydrogens is 264 g/mol. The summed E-state index contributed by atoms with van der Waals surface area (Å²) in [7, 11) is 0. The van der Waals surface area contributed by atoms with Gasteiger partial charge in [0.2, 0.25) is 0 Å². The molecule has 3 rings (SSSR count). The largest absolute Gasteiger partial charge is 0.365 e. The normalized spacial score (nSPS) is 25.6. The van der Waals surface area contributed by atoms with Crippen LogP contribution in [0.2, 0.25) is 0 Å². The van der Waals surface area contributed by atoms with Crippen molar-refractivity contribution < 1.29 is 0 Å². The van der Waals surface area contributed by atoms with Gasteiger partial charge >= 0.3 is 0 Å². The van der Waals surface area contributed by atoms with Crippen LogP contribution in [0.25, 0.3) is 0 Å². The lowest BCUT2D eigenvalue weighted by Crippen LogP contribution is -2.42. The van der Waals surface area contributed by atoms with Crippen LogP contribution in [0.1, 0.15) is 44.6 Å². The molecule has 1 aromatic rings. The molecule has 6 heteroatoms. The number of piperidine rings is 1. The number of nitrogens with one attached hydrogen (secondary N) is 2. The molecule has 1 aromatic heterocycles. The van der Waals surface area contributed by atoms with Crippen molar-refractivity contribution in [2.24, 2.45) is 5.84 Å². The highest BCUT2D eigenvalue weighted by molar-refractivity contribution is 5.57. The molecule has 3 heterocycles. The summed E-state index contributed by atoms with van der Waals surface area (Å²) in [4.78, 5) is 11.3. The minimum atomic E-state index is 0.501. The number of anilines is 2. The summed E-state index contributed by atoms with van der Waals surface area (Å²) in [5, 5.41) is 3.68. The third-order valence-corrected chi connectivity index (χ3v) is 4.76. The topological polar surface area (TPSA) is 79.1 Å². The van der Waals surface area contributed by atoms with Crippen LogP contribution in [0.5, 0.6) is 0 Å². The molecule has 0 aliphatic carbocycles. The van der Waals surface area contributed by atoms with E-state index in [1.165, 1.54) is 38.8 Å². The highest BCUT2D eigenvalue weighted by Gasteiger charge is 2.35. The van der Waals surface area contributed by atoms with Gasteiger partial charge < -0.3 is 10.7 Å². The Morgan fingerprint density at radius 2 is 2.10 bits per heavy atom. The Kier molecular flexibility index (Phi) is 4.55. The standard InChI is InChI=1S/C15H26N6/c1-2-5-11-14(17-10-18-15(11)20-16)19-12-7-9-21-8-4-3-6-13(12)21/h10,12-13H,2-9,16H2,1H3,(H2,17,18,19,20). The lowest BCUT2D eigenvalue weighted by atomic mass is 9.99. The Hall–Kier alpha value is -1.40. The van der Waals surface area contributed by atoms with E-state index in [4.69, 9.17) is 5.84 Å². The van der Waals surface area contributed by atoms with E-state index in [1.54, 1.807) is 6.33 Å². The van der Waals surface area contributed by atoms with Crippen LogP contribution < -0.4 is 16.6 Å². The monoisotopic (exact) mass is 290 g/mol. The third-order valence-electron chi connectivity index (χ3n) is 4.76. The Labute approximate surface area is 126 Å². The maximum absolute atomic E-state index is 5.59. The predicted molar refractivity (Wildman–Crippen MR) is 85.1 cm³/mol. The first-order chi connectivity index (χ1) is 10.3. The predicted octanol–water partition coefficient (Wildman–Crippen LogP) is 1.75. The molecule has 0 saturated carbocycles. The average Bonchev–Trinajstić information content (AvgIpc) is 2.92. The zero-order valence-electron chi connectivity index (χ0n) is 12.8. The lowest BCUT2D eigenvalue weighted by Gasteiger charge is -2.33. The first kappa shape index (κ1) is 14.5. The van der Waals surface area contributed by atoms with Gasteiger partial charge in [0.15, 0.2) is 0 Å². The van der Waals surface area contributed by atoms with Crippen LogP contribution in [0.3, 0.4) is 0 Å². The van der Waals surface area contributed by atoms with E-state index >= 15 is 0 Å². The highest BCUT2D eigenvalue weighted by atomic mass is 15.3. The maximum atomic E-state index is 5.59. The van der Waals surface area contributed by atoms with Crippen molar-refractivity contribution in [2.75, 3.05) is 23.8 Å². The first-order valence-electron chi connectivity index (χ1n) is 8.14. The van der Waals surface area contributed by atoms with Crippen molar-refractivity contribution in [1.29, 1.82) is 0 Å². The Bertz CT molecular complexity index is 477. The lowest BCUT2D eigenvalue weighted by molar-refractivity contribution is 0.192. The van der Waals surface area contributed by atoms with Gasteiger partial charge in [0.25, 0.3) is 0 Å². The van der Waals surface area contributed by atoms with Crippen LogP contribution >= 0.6 is 0 Å². The fourth-order valence-corrected chi connectivity index (χ4v) is 3.74. The van der Waals surface area contributed by atoms with Gasteiger partial charge in [-0.25, -0.2) is 15.8 Å². The van der Waals surface area contributed by atoms with E-state index in [0.29, 0.717) is 12.1 Å². The van der Waals surface area contributed by atoms with Crippen LogP contribution in [-0.4, -0.2) is 40.0 Å². The Morgan fingerprint density at radius 3 is 2.90 bits per heavy atom. The highest BCUT2D eigenvalue weighted by Crippen LogP contribution is 2.30. The summed E-state index contributed by atoms with van der Waals surface area (Å²) in [6.45, 7) is 4.62. The number of nitrogen functional groups attached to an aromatic ring is 1. The molecule has 2 aliphatic heterocycles. The number of hydrazine groups is 1. The fraction of sp³-hybridized carbons (Fsp3) is 0.733. The number of hydrogen-bond acceptors (Lipinski definition) is 6. The smallest absolute Gasteiger partial charge is 0.148 e. The zero-order chi connectivity index (χ0) is 14.7. The van der Waals surface area contributed by atoms with Gasteiger partial charge in [-0.3, -0.25) is 4.90 Å². The average molecular weight is 290 g/mol. The molecule has 2 aliphatic rings. The zero-order valence-corrected chi connectivity index (χ0v) is 12.8. The molecule has 116 valence electrons. The van der Waals surface area contributed by atoms with Gasteiger partial charge in [0.1, 0.15) is 18.0 Å². The van der Waals surface area contributed by atoms with Gasteiger partial charge in [-0.2, -0.15) is 0 Å². The molecular formula is C15H26N6. The molecule has 2 atom stereocenters. The van der Waals surface area contributed by atoms with Crippen molar-refractivity contribution in [2.45, 2.75) is 57.5 Å². The minimum absolute atomic E-state index is 0.501. The van der Waals surface area contributed by atoms with Crippen LogP contribution in [-0.2, 0) is 6.42 Å². The second kappa shape index (κ2) is 6.58. The van der Waals surface area contributed by atoms with Crippen molar-refractivity contribution in [3.63, 3.8) is 0 Å². The molecule has 0 bridgehead atoms. The maximum Gasteiger partial charge on any atom is 0.148 e. The number of rotatable bonds is 5. The number of aromatic nitrogens is 2. The Balaban J connectivity index is 1.78. The number of nitrogens with two attached hydrogens (primary N) is 1. The molecule has 0 spiro atoms. The van der Waals surface area contributed by atoms with Crippen LogP contribution in [0.15, 0.2) is 6.33 Å². The van der Waals surface area contributed by atoms with Gasteiger partial charge in [-0.15, -0.1) is 0 Å². The second-order valence-electron chi connectivity index (χ2n) is 6.08. The van der Waals surface area contributed by atoms with E-state index in [0.717, 1.165) is 30.0 Å². The molecule has 21 heavy (non-hydrogen) atoms. The van der Waals surface area contributed by atoms with Crippen molar-refractivity contribution in [1.82, 2.24) is 14.9 Å². The van der Waals surface area contributed by atoms with E-state index in [9.17, 15) is 0 Å². The van der Waals surface area contributed by atoms with Crippen LogP contribution in [0, 0.1) is 0 Å². The molecule has 0 aromatic carbocycles. The first-order valence-corrected chi connectivity index (χ1v) is 8.14. The second-order valence-corrected chi connectivity index (χ2v) is 6.08. The summed E-state index contributed by atoms with van der Waals surface area (Å²) in [6, 6.07) is 1.17. The summed E-state index contributed by atoms with van der Waals surface area (Å²) in [6.07, 6.45) is 8.77. The van der Waals surface area contributed by atoms with Crippen LogP contribution in [0.4, 0.5) is 11.6 Å². The molecule has 2 saturated heterocycles. The van der Waals surface area contributed by atoms with Gasteiger partial charge in [0.05, 0.1) is 0 Å². The van der Waals surface area contributed by atoms with E-state index in [2.05, 4.69) is 32.5 Å². The van der Waals surface area contributed by atoms with Crippen molar-refractivity contribution in [3.05, 3.63) is 11.9 Å². The summed E-state index contributed by atoms with van der Waals surface area (Å²) in [5.74, 6) is 7.29. The molecule has 6 nitrogen and oxygen atoms in total. The number of fused-ring (bicyclic) bond motifs is 1. The van der Waals surface area contributed by atoms with Gasteiger partial charge in [0, 0.05) is 24.2 Å². The summed E-state index contributed by atoms with van der Waals surface area (Å²) < 4.78 is 0. The minimum Gasteiger partial charge on any atom is -0.365 e. The number of hydrogen-bond donors (Lipinski definition) is 3. The fourth-order valence-electron chi connectivity index (χ4n) is 3.74. The number of nitrogens with zero attached hydrogens (tertiary/aromatic N) is 3. The van der Waals surface area contributed by atoms with Gasteiger partial charge in [-0.1, -0.05) is 19.8 Å². The van der Waals surface area contributed by atoms with E-state index in [-0.39, 0.29) is 0 Å². The quantitative estimate of drug-likeness (QED) is 0.566. The van der Waals surface area contributed by atoms with Gasteiger partial charge in [-0.05, 0) is 32.2 Å². The summed E-state index contributed by atoms with van der Waals surface area (Å²) >= 11 is 0. The van der Waals surface area contributed by atoms with Crippen molar-refractivity contribution in [3.8, 4) is 0 Å².